The largest absolute Gasteiger partial charge is 0.472 e. The highest BCUT2D eigenvalue weighted by Crippen LogP contribution is 2.45. The van der Waals surface area contributed by atoms with Crippen LogP contribution in [-0.4, -0.2) is 96.7 Å². The van der Waals surface area contributed by atoms with E-state index in [2.05, 4.69) is 34.6 Å². The van der Waals surface area contributed by atoms with E-state index in [1.807, 2.05) is 0 Å². The summed E-state index contributed by atoms with van der Waals surface area (Å²) < 4.78 is 68.7. The van der Waals surface area contributed by atoms with Crippen molar-refractivity contribution < 1.29 is 80.2 Å². The molecule has 3 N–H and O–H groups in total. The molecule has 0 spiro atoms. The summed E-state index contributed by atoms with van der Waals surface area (Å²) in [7, 11) is -9.92. The predicted octanol–water partition coefficient (Wildman–Crippen LogP) is 25.2. The van der Waals surface area contributed by atoms with E-state index in [1.165, 1.54) is 270 Å². The zero-order valence-electron chi connectivity index (χ0n) is 66.8. The highest BCUT2D eigenvalue weighted by atomic mass is 31.2. The molecule has 0 amide bonds. The fourth-order valence-electron chi connectivity index (χ4n) is 12.9. The molecule has 0 aliphatic rings. The molecular formula is C83H162O17P2. The third kappa shape index (κ3) is 74.9. The summed E-state index contributed by atoms with van der Waals surface area (Å²) in [5, 5.41) is 10.6. The Bertz CT molecular complexity index is 1950. The second kappa shape index (κ2) is 75.9. The Kier molecular flexibility index (Phi) is 74.4. The highest BCUT2D eigenvalue weighted by Gasteiger charge is 2.30. The van der Waals surface area contributed by atoms with Gasteiger partial charge >= 0.3 is 39.5 Å². The molecule has 0 saturated heterocycles. The number of carbonyl (C=O) groups excluding carboxylic acids is 4. The number of hydrogen-bond donors (Lipinski definition) is 3. The summed E-state index contributed by atoms with van der Waals surface area (Å²) in [6.45, 7) is 7.38. The summed E-state index contributed by atoms with van der Waals surface area (Å²) in [5.74, 6) is -1.26. The van der Waals surface area contributed by atoms with Crippen molar-refractivity contribution in [1.29, 1.82) is 0 Å². The molecule has 19 heteroatoms. The molecule has 0 aromatic carbocycles. The minimum atomic E-state index is -4.96. The first kappa shape index (κ1) is 100. The molecule has 0 aliphatic carbocycles. The van der Waals surface area contributed by atoms with Crippen LogP contribution in [-0.2, 0) is 65.4 Å². The lowest BCUT2D eigenvalue weighted by atomic mass is 9.99. The molecule has 102 heavy (non-hydrogen) atoms. The van der Waals surface area contributed by atoms with E-state index in [0.717, 1.165) is 95.8 Å². The molecule has 0 rings (SSSR count). The number of phosphoric ester groups is 2. The average Bonchev–Trinajstić information content (AvgIpc) is 0.907. The third-order valence-electron chi connectivity index (χ3n) is 19.9. The lowest BCUT2D eigenvalue weighted by Crippen LogP contribution is -2.30. The molecular weight excluding hydrogens is 1330 g/mol. The fourth-order valence-corrected chi connectivity index (χ4v) is 14.5. The van der Waals surface area contributed by atoms with Gasteiger partial charge in [0, 0.05) is 25.7 Å². The third-order valence-corrected chi connectivity index (χ3v) is 21.8. The Labute approximate surface area is 626 Å². The van der Waals surface area contributed by atoms with Crippen LogP contribution in [0, 0.1) is 5.92 Å². The van der Waals surface area contributed by atoms with Crippen molar-refractivity contribution in [2.24, 2.45) is 5.92 Å². The van der Waals surface area contributed by atoms with E-state index in [-0.39, 0.29) is 25.7 Å². The Hall–Kier alpha value is -1.94. The quantitative estimate of drug-likeness (QED) is 0.0222. The number of carbonyl (C=O) groups is 4. The number of aliphatic hydroxyl groups is 1. The lowest BCUT2D eigenvalue weighted by molar-refractivity contribution is -0.161. The molecule has 3 unspecified atom stereocenters. The Balaban J connectivity index is 5.20. The Morgan fingerprint density at radius 3 is 0.696 bits per heavy atom. The summed E-state index contributed by atoms with van der Waals surface area (Å²) in [6, 6.07) is 0. The lowest BCUT2D eigenvalue weighted by Gasteiger charge is -2.21. The first-order valence-electron chi connectivity index (χ1n) is 43.2. The van der Waals surface area contributed by atoms with Crippen molar-refractivity contribution in [1.82, 2.24) is 0 Å². The number of aliphatic hydroxyl groups excluding tert-OH is 1. The fraction of sp³-hybridized carbons (Fsp3) is 0.952. The molecule has 17 nitrogen and oxygen atoms in total. The van der Waals surface area contributed by atoms with Crippen molar-refractivity contribution in [3.05, 3.63) is 0 Å². The minimum absolute atomic E-state index is 0.109. The number of phosphoric acid groups is 2. The average molecular weight is 1490 g/mol. The number of ether oxygens (including phenoxy) is 4. The van der Waals surface area contributed by atoms with Crippen molar-refractivity contribution >= 4 is 39.5 Å². The van der Waals surface area contributed by atoms with E-state index >= 15 is 0 Å². The van der Waals surface area contributed by atoms with Crippen LogP contribution < -0.4 is 0 Å². The molecule has 0 aromatic rings. The van der Waals surface area contributed by atoms with Crippen molar-refractivity contribution in [3.8, 4) is 0 Å². The molecule has 0 heterocycles. The van der Waals surface area contributed by atoms with Gasteiger partial charge in [-0.3, -0.25) is 37.3 Å². The maximum absolute atomic E-state index is 13.1. The first-order chi connectivity index (χ1) is 49.6. The second-order valence-corrected chi connectivity index (χ2v) is 33.0. The van der Waals surface area contributed by atoms with Gasteiger partial charge in [-0.1, -0.05) is 394 Å². The molecule has 6 atom stereocenters. The van der Waals surface area contributed by atoms with Gasteiger partial charge in [0.05, 0.1) is 26.4 Å². The first-order valence-corrected chi connectivity index (χ1v) is 46.2. The smallest absolute Gasteiger partial charge is 0.462 e. The normalized spacial score (nSPS) is 14.1. The van der Waals surface area contributed by atoms with Crippen LogP contribution in [0.15, 0.2) is 0 Å². The van der Waals surface area contributed by atoms with Gasteiger partial charge < -0.3 is 33.8 Å². The van der Waals surface area contributed by atoms with Crippen LogP contribution >= 0.6 is 15.6 Å². The summed E-state index contributed by atoms with van der Waals surface area (Å²) in [4.78, 5) is 73.0. The Morgan fingerprint density at radius 1 is 0.275 bits per heavy atom. The van der Waals surface area contributed by atoms with Gasteiger partial charge in [-0.05, 0) is 31.6 Å². The second-order valence-electron chi connectivity index (χ2n) is 30.1. The van der Waals surface area contributed by atoms with Crippen molar-refractivity contribution in [2.75, 3.05) is 39.6 Å². The molecule has 0 radical (unpaired) electrons. The minimum Gasteiger partial charge on any atom is -0.462 e. The maximum Gasteiger partial charge on any atom is 0.472 e. The summed E-state index contributed by atoms with van der Waals surface area (Å²) >= 11 is 0. The van der Waals surface area contributed by atoms with E-state index in [4.69, 9.17) is 37.0 Å². The van der Waals surface area contributed by atoms with Crippen LogP contribution in [0.25, 0.3) is 0 Å². The molecule has 0 aliphatic heterocycles. The topological polar surface area (TPSA) is 237 Å². The van der Waals surface area contributed by atoms with Crippen molar-refractivity contribution in [2.45, 2.75) is 464 Å². The molecule has 0 fully saturated rings. The molecule has 606 valence electrons. The van der Waals surface area contributed by atoms with Gasteiger partial charge in [0.2, 0.25) is 0 Å². The van der Waals surface area contributed by atoms with Crippen molar-refractivity contribution in [3.63, 3.8) is 0 Å². The molecule has 0 saturated carbocycles. The number of esters is 4. The number of unbranched alkanes of at least 4 members (excludes halogenated alkanes) is 54. The van der Waals surface area contributed by atoms with Gasteiger partial charge in [0.15, 0.2) is 12.2 Å². The number of hydrogen-bond acceptors (Lipinski definition) is 15. The van der Waals surface area contributed by atoms with Gasteiger partial charge in [-0.25, -0.2) is 9.13 Å². The highest BCUT2D eigenvalue weighted by molar-refractivity contribution is 7.47. The molecule has 0 aromatic heterocycles. The standard InChI is InChI=1S/C83H162O17P2/c1-6-10-13-16-19-22-24-26-28-30-31-33-35-41-45-49-54-59-64-69-83(88)100-79(73-94-81(86)67-62-57-52-47-43-39-37-36-38-42-46-50-55-60-65-76(5)9-4)75-98-102(91,92)96-71-77(84)70-95-101(89,90)97-74-78(72-93-80(85)66-61-56-51-21-18-15-12-8-3)99-82(87)68-63-58-53-48-44-40-34-32-29-27-25-23-20-17-14-11-7-2/h76-79,84H,6-75H2,1-5H3,(H,89,90)(H,91,92)/t76?,77-,78+,79+/m0/s1. The zero-order chi connectivity index (χ0) is 74.8. The van der Waals surface area contributed by atoms with E-state index in [0.29, 0.717) is 25.7 Å². The molecule has 0 bridgehead atoms. The summed E-state index contributed by atoms with van der Waals surface area (Å²) in [6.07, 6.45) is 68.0. The van der Waals surface area contributed by atoms with Gasteiger partial charge in [-0.15, -0.1) is 0 Å². The van der Waals surface area contributed by atoms with Crippen LogP contribution in [0.2, 0.25) is 0 Å². The van der Waals surface area contributed by atoms with Gasteiger partial charge in [0.25, 0.3) is 0 Å². The monoisotopic (exact) mass is 1490 g/mol. The summed E-state index contributed by atoms with van der Waals surface area (Å²) in [5.41, 5.74) is 0. The van der Waals surface area contributed by atoms with E-state index in [1.54, 1.807) is 0 Å². The van der Waals surface area contributed by atoms with E-state index < -0.39 is 97.5 Å². The van der Waals surface area contributed by atoms with Gasteiger partial charge in [-0.2, -0.15) is 0 Å². The zero-order valence-corrected chi connectivity index (χ0v) is 68.5. The Morgan fingerprint density at radius 2 is 0.471 bits per heavy atom. The van der Waals surface area contributed by atoms with Crippen LogP contribution in [0.3, 0.4) is 0 Å². The van der Waals surface area contributed by atoms with Gasteiger partial charge in [0.1, 0.15) is 19.3 Å². The van der Waals surface area contributed by atoms with Crippen LogP contribution in [0.4, 0.5) is 0 Å². The maximum atomic E-state index is 13.1. The van der Waals surface area contributed by atoms with Crippen LogP contribution in [0.1, 0.15) is 446 Å². The predicted molar refractivity (Wildman–Crippen MR) is 418 cm³/mol. The number of rotatable bonds is 83. The van der Waals surface area contributed by atoms with E-state index in [9.17, 15) is 43.2 Å². The van der Waals surface area contributed by atoms with Crippen LogP contribution in [0.5, 0.6) is 0 Å². The SMILES string of the molecule is CCCCCCCCCCCCCCCCCCCCCC(=O)O[C@H](COC(=O)CCCCCCCCCCCCCCCCC(C)CC)COP(=O)(O)OC[C@@H](O)COP(=O)(O)OC[C@@H](COC(=O)CCCCCCCCCC)OC(=O)CCCCCCCCCCCCCCCCCCC.